The number of hydrogen-bond donors (Lipinski definition) is 2. The Morgan fingerprint density at radius 2 is 2.30 bits per heavy atom. The van der Waals surface area contributed by atoms with E-state index in [9.17, 15) is 0 Å². The van der Waals surface area contributed by atoms with Crippen LogP contribution in [0.4, 0.5) is 0 Å². The lowest BCUT2D eigenvalue weighted by molar-refractivity contribution is -0.0852. The van der Waals surface area contributed by atoms with Crippen molar-refractivity contribution in [2.75, 3.05) is 45.9 Å². The molecule has 20 heavy (non-hydrogen) atoms. The molecule has 6 nitrogen and oxygen atoms in total. The highest BCUT2D eigenvalue weighted by atomic mass is 16.5. The summed E-state index contributed by atoms with van der Waals surface area (Å²) in [4.78, 5) is 6.73. The lowest BCUT2D eigenvalue weighted by atomic mass is 10.1. The van der Waals surface area contributed by atoms with Crippen LogP contribution in [0.1, 0.15) is 26.7 Å². The van der Waals surface area contributed by atoms with Crippen molar-refractivity contribution >= 4 is 5.96 Å². The third kappa shape index (κ3) is 5.26. The highest BCUT2D eigenvalue weighted by Gasteiger charge is 2.26. The summed E-state index contributed by atoms with van der Waals surface area (Å²) in [7, 11) is 0. The van der Waals surface area contributed by atoms with Crippen LogP contribution in [-0.2, 0) is 9.47 Å². The van der Waals surface area contributed by atoms with Gasteiger partial charge in [-0.3, -0.25) is 9.89 Å². The van der Waals surface area contributed by atoms with Gasteiger partial charge < -0.3 is 20.5 Å². The van der Waals surface area contributed by atoms with Gasteiger partial charge in [-0.1, -0.05) is 0 Å². The number of nitrogens with one attached hydrogen (secondary N) is 1. The van der Waals surface area contributed by atoms with Crippen LogP contribution in [0.2, 0.25) is 0 Å². The van der Waals surface area contributed by atoms with Gasteiger partial charge in [0.2, 0.25) is 0 Å². The van der Waals surface area contributed by atoms with Crippen LogP contribution in [0.25, 0.3) is 0 Å². The molecule has 2 saturated heterocycles. The van der Waals surface area contributed by atoms with Crippen LogP contribution in [0.3, 0.4) is 0 Å². The first-order valence-electron chi connectivity index (χ1n) is 7.57. The maximum Gasteiger partial charge on any atom is 0.188 e. The summed E-state index contributed by atoms with van der Waals surface area (Å²) in [5.74, 6) is 0.521. The van der Waals surface area contributed by atoms with Gasteiger partial charge in [0.15, 0.2) is 5.96 Å². The molecule has 116 valence electrons. The molecule has 0 aliphatic carbocycles. The first kappa shape index (κ1) is 15.5. The fraction of sp³-hybridized carbons (Fsp3) is 0.929. The minimum Gasteiger partial charge on any atom is -0.376 e. The van der Waals surface area contributed by atoms with Gasteiger partial charge in [0.25, 0.3) is 0 Å². The van der Waals surface area contributed by atoms with Gasteiger partial charge in [0.1, 0.15) is 0 Å². The van der Waals surface area contributed by atoms with Gasteiger partial charge in [-0.2, -0.15) is 0 Å². The Labute approximate surface area is 121 Å². The van der Waals surface area contributed by atoms with Crippen LogP contribution in [0.5, 0.6) is 0 Å². The van der Waals surface area contributed by atoms with Crippen molar-refractivity contribution in [3.8, 4) is 0 Å². The Hall–Kier alpha value is -0.850. The van der Waals surface area contributed by atoms with E-state index in [-0.39, 0.29) is 11.7 Å². The highest BCUT2D eigenvalue weighted by Crippen LogP contribution is 2.15. The molecule has 2 aliphatic rings. The molecule has 3 N–H and O–H groups in total. The van der Waals surface area contributed by atoms with Crippen molar-refractivity contribution in [2.45, 2.75) is 38.4 Å². The van der Waals surface area contributed by atoms with Crippen LogP contribution >= 0.6 is 0 Å². The highest BCUT2D eigenvalue weighted by molar-refractivity contribution is 5.77. The molecule has 2 heterocycles. The minimum absolute atomic E-state index is 0.0440. The average Bonchev–Trinajstić information content (AvgIpc) is 2.88. The molecule has 0 amide bonds. The maximum absolute atomic E-state index is 5.86. The van der Waals surface area contributed by atoms with Gasteiger partial charge in [0.05, 0.1) is 24.9 Å². The number of nitrogens with two attached hydrogens (primary N) is 1. The Kier molecular flexibility index (Phi) is 5.63. The first-order valence-corrected chi connectivity index (χ1v) is 7.57. The number of hydrogen-bond acceptors (Lipinski definition) is 4. The second-order valence-corrected chi connectivity index (χ2v) is 6.17. The molecule has 0 aromatic heterocycles. The molecule has 2 fully saturated rings. The molecule has 2 rings (SSSR count). The SMILES string of the molecule is CC1(C)CN(CCNC(N)=NCC2CCCO2)CCO1. The fourth-order valence-electron chi connectivity index (χ4n) is 2.69. The summed E-state index contributed by atoms with van der Waals surface area (Å²) in [5.41, 5.74) is 5.82. The molecule has 0 saturated carbocycles. The molecule has 2 aliphatic heterocycles. The molecular weight excluding hydrogens is 256 g/mol. The standard InChI is InChI=1S/C14H28N4O2/c1-14(2)11-18(7-9-20-14)6-5-16-13(15)17-10-12-4-3-8-19-12/h12H,3-11H2,1-2H3,(H3,15,16,17). The van der Waals surface area contributed by atoms with Crippen LogP contribution < -0.4 is 11.1 Å². The summed E-state index contributed by atoms with van der Waals surface area (Å²) in [5, 5.41) is 3.17. The lowest BCUT2D eigenvalue weighted by Crippen LogP contribution is -2.50. The van der Waals surface area contributed by atoms with E-state index >= 15 is 0 Å². The van der Waals surface area contributed by atoms with Crippen molar-refractivity contribution in [1.29, 1.82) is 0 Å². The largest absolute Gasteiger partial charge is 0.376 e. The van der Waals surface area contributed by atoms with Crippen molar-refractivity contribution in [1.82, 2.24) is 10.2 Å². The summed E-state index contributed by atoms with van der Waals surface area (Å²) in [6.07, 6.45) is 2.50. The van der Waals surface area contributed by atoms with E-state index < -0.39 is 0 Å². The number of rotatable bonds is 5. The van der Waals surface area contributed by atoms with Crippen molar-refractivity contribution in [3.63, 3.8) is 0 Å². The predicted octanol–water partition coefficient (Wildman–Crippen LogP) is 0.181. The Bertz CT molecular complexity index is 327. The quantitative estimate of drug-likeness (QED) is 0.557. The number of nitrogens with zero attached hydrogens (tertiary/aromatic N) is 2. The second kappa shape index (κ2) is 7.24. The maximum atomic E-state index is 5.86. The van der Waals surface area contributed by atoms with Gasteiger partial charge in [-0.05, 0) is 26.7 Å². The predicted molar refractivity (Wildman–Crippen MR) is 79.9 cm³/mol. The molecule has 6 heteroatoms. The zero-order valence-electron chi connectivity index (χ0n) is 12.7. The summed E-state index contributed by atoms with van der Waals surface area (Å²) in [6.45, 7) is 10.3. The van der Waals surface area contributed by atoms with Gasteiger partial charge in [-0.15, -0.1) is 0 Å². The first-order chi connectivity index (χ1) is 9.55. The minimum atomic E-state index is -0.0440. The van der Waals surface area contributed by atoms with Crippen LogP contribution in [0.15, 0.2) is 4.99 Å². The van der Waals surface area contributed by atoms with E-state index in [2.05, 4.69) is 29.1 Å². The van der Waals surface area contributed by atoms with Gasteiger partial charge >= 0.3 is 0 Å². The number of guanidine groups is 1. The van der Waals surface area contributed by atoms with E-state index in [0.717, 1.165) is 52.2 Å². The third-order valence-corrected chi connectivity index (χ3v) is 3.73. The van der Waals surface area contributed by atoms with E-state index in [1.165, 1.54) is 0 Å². The number of ether oxygens (including phenoxy) is 2. The zero-order chi connectivity index (χ0) is 14.4. The normalized spacial score (nSPS) is 27.7. The summed E-state index contributed by atoms with van der Waals surface area (Å²) >= 11 is 0. The van der Waals surface area contributed by atoms with Crippen molar-refractivity contribution in [3.05, 3.63) is 0 Å². The van der Waals surface area contributed by atoms with Crippen molar-refractivity contribution < 1.29 is 9.47 Å². The number of aliphatic imine (C=N–C) groups is 1. The van der Waals surface area contributed by atoms with E-state index in [1.54, 1.807) is 0 Å². The average molecular weight is 284 g/mol. The Morgan fingerprint density at radius 1 is 1.45 bits per heavy atom. The molecular formula is C14H28N4O2. The molecule has 0 aromatic rings. The molecule has 1 atom stereocenters. The van der Waals surface area contributed by atoms with Crippen molar-refractivity contribution in [2.24, 2.45) is 10.7 Å². The van der Waals surface area contributed by atoms with E-state index in [1.807, 2.05) is 0 Å². The number of morpholine rings is 1. The Morgan fingerprint density at radius 3 is 3.00 bits per heavy atom. The zero-order valence-corrected chi connectivity index (χ0v) is 12.7. The van der Waals surface area contributed by atoms with Crippen LogP contribution in [-0.4, -0.2) is 68.5 Å². The smallest absolute Gasteiger partial charge is 0.188 e. The fourth-order valence-corrected chi connectivity index (χ4v) is 2.69. The van der Waals surface area contributed by atoms with E-state index in [0.29, 0.717) is 12.5 Å². The Balaban J connectivity index is 1.60. The molecule has 1 unspecified atom stereocenters. The summed E-state index contributed by atoms with van der Waals surface area (Å²) in [6, 6.07) is 0. The molecule has 0 bridgehead atoms. The van der Waals surface area contributed by atoms with Crippen LogP contribution in [0, 0.1) is 0 Å². The summed E-state index contributed by atoms with van der Waals surface area (Å²) < 4.78 is 11.2. The third-order valence-electron chi connectivity index (χ3n) is 3.73. The van der Waals surface area contributed by atoms with E-state index in [4.69, 9.17) is 15.2 Å². The second-order valence-electron chi connectivity index (χ2n) is 6.17. The molecule has 0 aromatic carbocycles. The van der Waals surface area contributed by atoms with Gasteiger partial charge in [0, 0.05) is 32.8 Å². The molecule has 0 spiro atoms. The lowest BCUT2D eigenvalue weighted by Gasteiger charge is -2.38. The topological polar surface area (TPSA) is 72.1 Å². The monoisotopic (exact) mass is 284 g/mol. The molecule has 0 radical (unpaired) electrons. The van der Waals surface area contributed by atoms with Gasteiger partial charge in [-0.25, -0.2) is 0 Å².